The smallest absolute Gasteiger partial charge is 0.319 e. The maximum absolute atomic E-state index is 12.2. The zero-order chi connectivity index (χ0) is 17.6. The van der Waals surface area contributed by atoms with E-state index in [1.807, 2.05) is 24.3 Å². The van der Waals surface area contributed by atoms with Gasteiger partial charge in [-0.15, -0.1) is 0 Å². The van der Waals surface area contributed by atoms with Crippen molar-refractivity contribution in [3.8, 4) is 0 Å². The highest BCUT2D eigenvalue weighted by atomic mass is 16.5. The van der Waals surface area contributed by atoms with Gasteiger partial charge < -0.3 is 20.3 Å². The van der Waals surface area contributed by atoms with Gasteiger partial charge in [-0.2, -0.15) is 0 Å². The number of nitrogens with one attached hydrogen (secondary N) is 2. The van der Waals surface area contributed by atoms with Crippen molar-refractivity contribution in [2.75, 3.05) is 52.2 Å². The highest BCUT2D eigenvalue weighted by molar-refractivity contribution is 5.89. The highest BCUT2D eigenvalue weighted by Gasteiger charge is 2.22. The molecule has 0 radical (unpaired) electrons. The Kier molecular flexibility index (Phi) is 6.29. The van der Waals surface area contributed by atoms with E-state index in [4.69, 9.17) is 4.74 Å². The standard InChI is InChI=1S/C19H30N4O2/c1-22-8-9-23(2)18(12-22)11-20-19(24)21-17-5-3-4-16(10-17)14-25-13-15-6-7-15/h3-5,10,15,18H,6-9,11-14H2,1-2H3,(H2,20,21,24)/t18-/m0/s1. The third kappa shape index (κ3) is 5.99. The number of hydrogen-bond acceptors (Lipinski definition) is 4. The van der Waals surface area contributed by atoms with E-state index in [0.717, 1.165) is 43.4 Å². The highest BCUT2D eigenvalue weighted by Crippen LogP contribution is 2.29. The monoisotopic (exact) mass is 346 g/mol. The van der Waals surface area contributed by atoms with Crippen LogP contribution >= 0.6 is 0 Å². The number of piperazine rings is 1. The van der Waals surface area contributed by atoms with Crippen LogP contribution in [0.15, 0.2) is 24.3 Å². The molecule has 0 bridgehead atoms. The van der Waals surface area contributed by atoms with E-state index in [9.17, 15) is 4.79 Å². The number of ether oxygens (including phenoxy) is 1. The average Bonchev–Trinajstić information content (AvgIpc) is 3.40. The summed E-state index contributed by atoms with van der Waals surface area (Å²) < 4.78 is 5.71. The quantitative estimate of drug-likeness (QED) is 0.793. The molecule has 0 spiro atoms. The van der Waals surface area contributed by atoms with Gasteiger partial charge in [0.2, 0.25) is 0 Å². The zero-order valence-corrected chi connectivity index (χ0v) is 15.3. The number of likely N-dealkylation sites (N-methyl/N-ethyl adjacent to an activating group) is 2. The van der Waals surface area contributed by atoms with Crippen molar-refractivity contribution in [1.29, 1.82) is 0 Å². The topological polar surface area (TPSA) is 56.8 Å². The molecule has 1 atom stereocenters. The molecule has 2 aliphatic rings. The second-order valence-corrected chi connectivity index (χ2v) is 7.39. The summed E-state index contributed by atoms with van der Waals surface area (Å²) in [5, 5.41) is 5.91. The van der Waals surface area contributed by atoms with Gasteiger partial charge in [0.1, 0.15) is 0 Å². The van der Waals surface area contributed by atoms with E-state index in [0.29, 0.717) is 19.2 Å². The van der Waals surface area contributed by atoms with Crippen LogP contribution in [0.1, 0.15) is 18.4 Å². The molecule has 1 aromatic rings. The van der Waals surface area contributed by atoms with Crippen LogP contribution < -0.4 is 10.6 Å². The van der Waals surface area contributed by atoms with Crippen LogP contribution in [0.4, 0.5) is 10.5 Å². The van der Waals surface area contributed by atoms with Gasteiger partial charge in [0.15, 0.2) is 0 Å². The number of amides is 2. The Morgan fingerprint density at radius 1 is 1.28 bits per heavy atom. The molecule has 0 unspecified atom stereocenters. The third-order valence-electron chi connectivity index (χ3n) is 4.98. The van der Waals surface area contributed by atoms with Gasteiger partial charge in [0.05, 0.1) is 6.61 Å². The first-order valence-electron chi connectivity index (χ1n) is 9.20. The number of anilines is 1. The minimum absolute atomic E-state index is 0.155. The van der Waals surface area contributed by atoms with Crippen LogP contribution in [0.25, 0.3) is 0 Å². The Morgan fingerprint density at radius 2 is 2.12 bits per heavy atom. The van der Waals surface area contributed by atoms with Crippen molar-refractivity contribution in [3.63, 3.8) is 0 Å². The van der Waals surface area contributed by atoms with Gasteiger partial charge in [-0.1, -0.05) is 12.1 Å². The number of hydrogen-bond donors (Lipinski definition) is 2. The second-order valence-electron chi connectivity index (χ2n) is 7.39. The Bertz CT molecular complexity index is 576. The summed E-state index contributed by atoms with van der Waals surface area (Å²) in [6, 6.07) is 8.07. The molecule has 2 amide bonds. The molecular weight excluding hydrogens is 316 g/mol. The maximum atomic E-state index is 12.2. The lowest BCUT2D eigenvalue weighted by atomic mass is 10.2. The molecule has 0 aromatic heterocycles. The lowest BCUT2D eigenvalue weighted by Gasteiger charge is -2.37. The molecular formula is C19H30N4O2. The van der Waals surface area contributed by atoms with E-state index in [-0.39, 0.29) is 6.03 Å². The van der Waals surface area contributed by atoms with Gasteiger partial charge in [0, 0.05) is 44.5 Å². The van der Waals surface area contributed by atoms with Gasteiger partial charge in [-0.3, -0.25) is 4.90 Å². The van der Waals surface area contributed by atoms with E-state index in [2.05, 4.69) is 34.5 Å². The first kappa shape index (κ1) is 18.2. The molecule has 1 heterocycles. The van der Waals surface area contributed by atoms with E-state index in [1.54, 1.807) is 0 Å². The minimum atomic E-state index is -0.155. The second kappa shape index (κ2) is 8.65. The van der Waals surface area contributed by atoms with E-state index >= 15 is 0 Å². The number of carbonyl (C=O) groups is 1. The number of benzene rings is 1. The Hall–Kier alpha value is -1.63. The maximum Gasteiger partial charge on any atom is 0.319 e. The van der Waals surface area contributed by atoms with Gasteiger partial charge >= 0.3 is 6.03 Å². The van der Waals surface area contributed by atoms with Crippen LogP contribution in [0.2, 0.25) is 0 Å². The fourth-order valence-electron chi connectivity index (χ4n) is 3.07. The first-order valence-corrected chi connectivity index (χ1v) is 9.20. The van der Waals surface area contributed by atoms with E-state index < -0.39 is 0 Å². The largest absolute Gasteiger partial charge is 0.376 e. The van der Waals surface area contributed by atoms with Gasteiger partial charge in [-0.05, 0) is 50.6 Å². The SMILES string of the molecule is CN1CCN(C)[C@@H](CNC(=O)Nc2cccc(COCC3CC3)c2)C1. The summed E-state index contributed by atoms with van der Waals surface area (Å²) in [5.74, 6) is 0.768. The fourth-order valence-corrected chi connectivity index (χ4v) is 3.07. The van der Waals surface area contributed by atoms with Crippen LogP contribution in [-0.2, 0) is 11.3 Å². The lowest BCUT2D eigenvalue weighted by Crippen LogP contribution is -2.54. The van der Waals surface area contributed by atoms with Crippen molar-refractivity contribution < 1.29 is 9.53 Å². The molecule has 25 heavy (non-hydrogen) atoms. The number of rotatable bonds is 7. The normalized spacial score (nSPS) is 21.9. The Labute approximate surface area is 150 Å². The summed E-state index contributed by atoms with van der Waals surface area (Å²) >= 11 is 0. The summed E-state index contributed by atoms with van der Waals surface area (Å²) in [4.78, 5) is 16.8. The summed E-state index contributed by atoms with van der Waals surface area (Å²) in [7, 11) is 4.24. The summed E-state index contributed by atoms with van der Waals surface area (Å²) in [6.07, 6.45) is 2.60. The average molecular weight is 346 g/mol. The van der Waals surface area contributed by atoms with Crippen molar-refractivity contribution in [2.45, 2.75) is 25.5 Å². The summed E-state index contributed by atoms with van der Waals surface area (Å²) in [5.41, 5.74) is 1.89. The molecule has 2 N–H and O–H groups in total. The molecule has 1 saturated carbocycles. The van der Waals surface area contributed by atoms with Crippen LogP contribution in [0.5, 0.6) is 0 Å². The molecule has 6 heteroatoms. The molecule has 1 aliphatic carbocycles. The third-order valence-corrected chi connectivity index (χ3v) is 4.98. The van der Waals surface area contributed by atoms with Gasteiger partial charge in [0.25, 0.3) is 0 Å². The molecule has 1 aromatic carbocycles. The predicted octanol–water partition coefficient (Wildman–Crippen LogP) is 1.98. The lowest BCUT2D eigenvalue weighted by molar-refractivity contribution is 0.111. The molecule has 1 aliphatic heterocycles. The number of carbonyl (C=O) groups excluding carboxylic acids is 1. The number of nitrogens with zero attached hydrogens (tertiary/aromatic N) is 2. The minimum Gasteiger partial charge on any atom is -0.376 e. The predicted molar refractivity (Wildman–Crippen MR) is 99.8 cm³/mol. The van der Waals surface area contributed by atoms with Crippen LogP contribution in [0.3, 0.4) is 0 Å². The van der Waals surface area contributed by atoms with Crippen molar-refractivity contribution in [3.05, 3.63) is 29.8 Å². The fraction of sp³-hybridized carbons (Fsp3) is 0.632. The molecule has 138 valence electrons. The molecule has 1 saturated heterocycles. The molecule has 3 rings (SSSR count). The molecule has 6 nitrogen and oxygen atoms in total. The van der Waals surface area contributed by atoms with E-state index in [1.165, 1.54) is 12.8 Å². The number of urea groups is 1. The van der Waals surface area contributed by atoms with Crippen LogP contribution in [0, 0.1) is 5.92 Å². The first-order chi connectivity index (χ1) is 12.1. The van der Waals surface area contributed by atoms with Gasteiger partial charge in [-0.25, -0.2) is 4.79 Å². The summed E-state index contributed by atoms with van der Waals surface area (Å²) in [6.45, 7) is 5.19. The Balaban J connectivity index is 1.42. The van der Waals surface area contributed by atoms with Crippen molar-refractivity contribution in [2.24, 2.45) is 5.92 Å². The van der Waals surface area contributed by atoms with Crippen LogP contribution in [-0.4, -0.2) is 68.8 Å². The van der Waals surface area contributed by atoms with Crippen molar-refractivity contribution >= 4 is 11.7 Å². The zero-order valence-electron chi connectivity index (χ0n) is 15.3. The van der Waals surface area contributed by atoms with Crippen molar-refractivity contribution in [1.82, 2.24) is 15.1 Å². The Morgan fingerprint density at radius 3 is 2.92 bits per heavy atom. The molecule has 2 fully saturated rings.